The summed E-state index contributed by atoms with van der Waals surface area (Å²) in [6.07, 6.45) is 6.29. The van der Waals surface area contributed by atoms with E-state index in [2.05, 4.69) is 11.7 Å². The summed E-state index contributed by atoms with van der Waals surface area (Å²) in [6.45, 7) is 5.21. The Labute approximate surface area is 113 Å². The van der Waals surface area contributed by atoms with Gasteiger partial charge in [0.15, 0.2) is 0 Å². The molecule has 1 amide bonds. The predicted octanol–water partition coefficient (Wildman–Crippen LogP) is 1.40. The Morgan fingerprint density at radius 3 is 2.84 bits per heavy atom. The fourth-order valence-corrected chi connectivity index (χ4v) is 2.51. The number of nitrogens with zero attached hydrogens (tertiary/aromatic N) is 3. The zero-order valence-electron chi connectivity index (χ0n) is 11.6. The number of allylic oxidation sites excluding steroid dienone is 1. The minimum atomic E-state index is 0.0615. The van der Waals surface area contributed by atoms with E-state index in [0.29, 0.717) is 12.1 Å². The van der Waals surface area contributed by atoms with Gasteiger partial charge >= 0.3 is 0 Å². The highest BCUT2D eigenvalue weighted by Gasteiger charge is 2.26. The number of rotatable bonds is 4. The van der Waals surface area contributed by atoms with E-state index >= 15 is 0 Å². The van der Waals surface area contributed by atoms with Crippen molar-refractivity contribution in [2.45, 2.75) is 25.4 Å². The summed E-state index contributed by atoms with van der Waals surface area (Å²) in [5.74, 6) is 0.0615. The molecule has 0 aliphatic carbocycles. The van der Waals surface area contributed by atoms with Crippen LogP contribution in [0.2, 0.25) is 0 Å². The van der Waals surface area contributed by atoms with E-state index < -0.39 is 0 Å². The summed E-state index contributed by atoms with van der Waals surface area (Å²) in [5, 5.41) is 4.18. The van der Waals surface area contributed by atoms with Crippen molar-refractivity contribution in [1.82, 2.24) is 14.7 Å². The van der Waals surface area contributed by atoms with Gasteiger partial charge in [0.1, 0.15) is 5.69 Å². The molecule has 1 aliphatic rings. The van der Waals surface area contributed by atoms with Crippen molar-refractivity contribution in [3.8, 4) is 0 Å². The van der Waals surface area contributed by atoms with E-state index in [1.54, 1.807) is 24.1 Å². The van der Waals surface area contributed by atoms with Crippen LogP contribution in [0, 0.1) is 0 Å². The van der Waals surface area contributed by atoms with Crippen LogP contribution in [0.25, 0.3) is 0 Å². The van der Waals surface area contributed by atoms with Crippen molar-refractivity contribution in [3.63, 3.8) is 0 Å². The van der Waals surface area contributed by atoms with E-state index in [9.17, 15) is 4.79 Å². The number of aromatic nitrogens is 2. The van der Waals surface area contributed by atoms with Crippen molar-refractivity contribution in [3.05, 3.63) is 30.1 Å². The first-order valence-corrected chi connectivity index (χ1v) is 6.61. The minimum absolute atomic E-state index is 0.0615. The summed E-state index contributed by atoms with van der Waals surface area (Å²) in [4.78, 5) is 14.5. The number of ether oxygens (including phenoxy) is 1. The van der Waals surface area contributed by atoms with Crippen molar-refractivity contribution in [2.75, 3.05) is 20.2 Å². The Balaban J connectivity index is 2.11. The predicted molar refractivity (Wildman–Crippen MR) is 73.0 cm³/mol. The van der Waals surface area contributed by atoms with E-state index in [1.165, 1.54) is 0 Å². The summed E-state index contributed by atoms with van der Waals surface area (Å²) in [7, 11) is 3.53. The molecule has 0 saturated carbocycles. The summed E-state index contributed by atoms with van der Waals surface area (Å²) in [6, 6.07) is 0. The second-order valence-electron chi connectivity index (χ2n) is 4.86. The topological polar surface area (TPSA) is 47.4 Å². The van der Waals surface area contributed by atoms with Crippen LogP contribution >= 0.6 is 0 Å². The third-order valence-electron chi connectivity index (χ3n) is 3.64. The fraction of sp³-hybridized carbons (Fsp3) is 0.571. The van der Waals surface area contributed by atoms with Gasteiger partial charge in [-0.05, 0) is 19.3 Å². The van der Waals surface area contributed by atoms with Crippen LogP contribution in [0.1, 0.15) is 28.9 Å². The highest BCUT2D eigenvalue weighted by Crippen LogP contribution is 2.18. The highest BCUT2D eigenvalue weighted by atomic mass is 16.5. The first-order chi connectivity index (χ1) is 9.17. The third kappa shape index (κ3) is 2.87. The molecule has 0 spiro atoms. The van der Waals surface area contributed by atoms with Crippen LogP contribution in [0.4, 0.5) is 0 Å². The number of amides is 1. The Morgan fingerprint density at radius 2 is 2.26 bits per heavy atom. The summed E-state index contributed by atoms with van der Waals surface area (Å²) < 4.78 is 6.98. The molecule has 1 fully saturated rings. The maximum Gasteiger partial charge on any atom is 0.272 e. The van der Waals surface area contributed by atoms with Gasteiger partial charge in [0, 0.05) is 32.8 Å². The number of carbonyl (C=O) groups is 1. The van der Waals surface area contributed by atoms with Crippen LogP contribution < -0.4 is 0 Å². The molecule has 0 unspecified atom stereocenters. The average molecular weight is 263 g/mol. The van der Waals surface area contributed by atoms with Crippen LogP contribution in [0.15, 0.2) is 18.9 Å². The van der Waals surface area contributed by atoms with Gasteiger partial charge < -0.3 is 9.64 Å². The lowest BCUT2D eigenvalue weighted by molar-refractivity contribution is 0.0344. The molecule has 5 heteroatoms. The molecule has 2 rings (SSSR count). The van der Waals surface area contributed by atoms with Crippen molar-refractivity contribution in [1.29, 1.82) is 0 Å². The number of methoxy groups -OCH3 is 1. The molecule has 1 aliphatic heterocycles. The molecule has 5 nitrogen and oxygen atoms in total. The normalized spacial score (nSPS) is 16.6. The molecule has 19 heavy (non-hydrogen) atoms. The maximum absolute atomic E-state index is 12.6. The molecular weight excluding hydrogens is 242 g/mol. The molecule has 0 aromatic carbocycles. The van der Waals surface area contributed by atoms with E-state index in [4.69, 9.17) is 4.74 Å². The first kappa shape index (κ1) is 13.8. The Bertz CT molecular complexity index is 459. The molecular formula is C14H21N3O2. The van der Waals surface area contributed by atoms with E-state index in [0.717, 1.165) is 31.5 Å². The van der Waals surface area contributed by atoms with Crippen molar-refractivity contribution >= 4 is 5.91 Å². The largest absolute Gasteiger partial charge is 0.381 e. The Kier molecular flexibility index (Phi) is 4.37. The molecule has 1 aromatic rings. The lowest BCUT2D eigenvalue weighted by Crippen LogP contribution is -2.41. The van der Waals surface area contributed by atoms with Gasteiger partial charge in [0.05, 0.1) is 12.3 Å². The van der Waals surface area contributed by atoms with Gasteiger partial charge in [-0.2, -0.15) is 5.10 Å². The van der Waals surface area contributed by atoms with E-state index in [1.807, 2.05) is 11.9 Å². The van der Waals surface area contributed by atoms with Gasteiger partial charge in [-0.25, -0.2) is 0 Å². The number of likely N-dealkylation sites (tertiary alicyclic amines) is 1. The maximum atomic E-state index is 12.6. The number of aryl methyl sites for hydroxylation is 1. The van der Waals surface area contributed by atoms with Gasteiger partial charge in [0.2, 0.25) is 0 Å². The van der Waals surface area contributed by atoms with Crippen LogP contribution in [-0.2, 0) is 18.2 Å². The fourth-order valence-electron chi connectivity index (χ4n) is 2.51. The molecule has 0 bridgehead atoms. The monoisotopic (exact) mass is 263 g/mol. The number of hydrogen-bond acceptors (Lipinski definition) is 3. The molecule has 1 aromatic heterocycles. The van der Waals surface area contributed by atoms with Gasteiger partial charge in [-0.1, -0.05) is 6.08 Å². The SMILES string of the molecule is C=CCc1cnn(C)c1C(=O)N1CCC(OC)CC1. The van der Waals surface area contributed by atoms with E-state index in [-0.39, 0.29) is 12.0 Å². The van der Waals surface area contributed by atoms with Gasteiger partial charge in [-0.3, -0.25) is 9.48 Å². The third-order valence-corrected chi connectivity index (χ3v) is 3.64. The summed E-state index contributed by atoms with van der Waals surface area (Å²) >= 11 is 0. The average Bonchev–Trinajstić information content (AvgIpc) is 2.80. The zero-order chi connectivity index (χ0) is 13.8. The number of carbonyl (C=O) groups excluding carboxylic acids is 1. The van der Waals surface area contributed by atoms with Gasteiger partial charge in [0.25, 0.3) is 5.91 Å². The lowest BCUT2D eigenvalue weighted by Gasteiger charge is -2.31. The Morgan fingerprint density at radius 1 is 1.58 bits per heavy atom. The van der Waals surface area contributed by atoms with Crippen LogP contribution in [0.3, 0.4) is 0 Å². The van der Waals surface area contributed by atoms with Crippen LogP contribution in [0.5, 0.6) is 0 Å². The van der Waals surface area contributed by atoms with Crippen LogP contribution in [-0.4, -0.2) is 46.9 Å². The molecule has 2 heterocycles. The zero-order valence-corrected chi connectivity index (χ0v) is 11.6. The first-order valence-electron chi connectivity index (χ1n) is 6.61. The van der Waals surface area contributed by atoms with Gasteiger partial charge in [-0.15, -0.1) is 6.58 Å². The molecule has 0 N–H and O–H groups in total. The Hall–Kier alpha value is -1.62. The number of piperidine rings is 1. The molecule has 0 radical (unpaired) electrons. The number of hydrogen-bond donors (Lipinski definition) is 0. The second kappa shape index (κ2) is 6.02. The standard InChI is InChI=1S/C14H21N3O2/c1-4-5-11-10-15-16(2)13(11)14(18)17-8-6-12(19-3)7-9-17/h4,10,12H,1,5-9H2,2-3H3. The minimum Gasteiger partial charge on any atom is -0.381 e. The second-order valence-corrected chi connectivity index (χ2v) is 4.86. The quantitative estimate of drug-likeness (QED) is 0.771. The smallest absolute Gasteiger partial charge is 0.272 e. The summed E-state index contributed by atoms with van der Waals surface area (Å²) in [5.41, 5.74) is 1.62. The molecule has 1 saturated heterocycles. The van der Waals surface area contributed by atoms with Crippen molar-refractivity contribution < 1.29 is 9.53 Å². The van der Waals surface area contributed by atoms with Crippen molar-refractivity contribution in [2.24, 2.45) is 7.05 Å². The lowest BCUT2D eigenvalue weighted by atomic mass is 10.1. The molecule has 104 valence electrons. The highest BCUT2D eigenvalue weighted by molar-refractivity contribution is 5.94. The molecule has 0 atom stereocenters.